The van der Waals surface area contributed by atoms with Crippen LogP contribution in [0.2, 0.25) is 0 Å². The SMILES string of the molecule is C=CCC1N=NC(=O)O1. The topological polar surface area (TPSA) is 51.0 Å². The van der Waals surface area contributed by atoms with Crippen LogP contribution in [0, 0.1) is 0 Å². The number of hydrogen-bond donors (Lipinski definition) is 0. The molecule has 0 bridgehead atoms. The van der Waals surface area contributed by atoms with E-state index in [-0.39, 0.29) is 0 Å². The first-order chi connectivity index (χ1) is 4.33. The number of amides is 1. The number of azo groups is 1. The molecule has 0 saturated carbocycles. The standard InChI is InChI=1S/C5H6N2O2/c1-2-3-4-6-7-5(8)9-4/h2,4H,1,3H2. The minimum absolute atomic E-state index is 0.421. The van der Waals surface area contributed by atoms with E-state index in [0.29, 0.717) is 6.42 Å². The average Bonchev–Trinajstić information content (AvgIpc) is 2.17. The van der Waals surface area contributed by atoms with Crippen LogP contribution in [0.5, 0.6) is 0 Å². The maximum absolute atomic E-state index is 10.2. The Labute approximate surface area is 52.2 Å². The molecule has 0 radical (unpaired) electrons. The third-order valence-electron chi connectivity index (χ3n) is 0.873. The molecule has 1 rings (SSSR count). The number of ether oxygens (including phenoxy) is 1. The lowest BCUT2D eigenvalue weighted by molar-refractivity contribution is 0.134. The fraction of sp³-hybridized carbons (Fsp3) is 0.400. The van der Waals surface area contributed by atoms with Crippen LogP contribution in [0.1, 0.15) is 6.42 Å². The number of carbonyl (C=O) groups is 1. The third kappa shape index (κ3) is 1.35. The first-order valence-corrected chi connectivity index (χ1v) is 2.55. The van der Waals surface area contributed by atoms with Crippen molar-refractivity contribution in [2.24, 2.45) is 10.2 Å². The highest BCUT2D eigenvalue weighted by Crippen LogP contribution is 2.09. The van der Waals surface area contributed by atoms with Gasteiger partial charge < -0.3 is 4.74 Å². The summed E-state index contributed by atoms with van der Waals surface area (Å²) in [6.45, 7) is 3.46. The van der Waals surface area contributed by atoms with Gasteiger partial charge in [-0.25, -0.2) is 4.79 Å². The number of nitrogens with zero attached hydrogens (tertiary/aromatic N) is 2. The Morgan fingerprint density at radius 1 is 1.89 bits per heavy atom. The Bertz CT molecular complexity index is 164. The summed E-state index contributed by atoms with van der Waals surface area (Å²) in [5, 5.41) is 6.64. The van der Waals surface area contributed by atoms with Crippen LogP contribution >= 0.6 is 0 Å². The van der Waals surface area contributed by atoms with Crippen molar-refractivity contribution in [2.75, 3.05) is 0 Å². The number of cyclic esters (lactones) is 1. The Hall–Kier alpha value is -1.19. The van der Waals surface area contributed by atoms with E-state index in [9.17, 15) is 4.79 Å². The van der Waals surface area contributed by atoms with Crippen LogP contribution in [-0.4, -0.2) is 12.3 Å². The zero-order valence-corrected chi connectivity index (χ0v) is 4.78. The van der Waals surface area contributed by atoms with Crippen molar-refractivity contribution in [3.8, 4) is 0 Å². The van der Waals surface area contributed by atoms with E-state index in [1.807, 2.05) is 0 Å². The molecule has 0 aromatic carbocycles. The summed E-state index contributed by atoms with van der Waals surface area (Å²) in [7, 11) is 0. The van der Waals surface area contributed by atoms with Crippen molar-refractivity contribution < 1.29 is 9.53 Å². The van der Waals surface area contributed by atoms with Gasteiger partial charge in [0.25, 0.3) is 0 Å². The highest BCUT2D eigenvalue weighted by molar-refractivity contribution is 5.68. The zero-order chi connectivity index (χ0) is 6.69. The van der Waals surface area contributed by atoms with Crippen LogP contribution in [-0.2, 0) is 4.74 Å². The first-order valence-electron chi connectivity index (χ1n) is 2.55. The van der Waals surface area contributed by atoms with Gasteiger partial charge in [0, 0.05) is 6.42 Å². The lowest BCUT2D eigenvalue weighted by Crippen LogP contribution is -2.03. The molecule has 0 aromatic heterocycles. The van der Waals surface area contributed by atoms with Crippen molar-refractivity contribution in [3.63, 3.8) is 0 Å². The summed E-state index contributed by atoms with van der Waals surface area (Å²) in [5.74, 6) is 0. The summed E-state index contributed by atoms with van der Waals surface area (Å²) in [6.07, 6.45) is 1.13. The second-order valence-corrected chi connectivity index (χ2v) is 1.58. The predicted molar refractivity (Wildman–Crippen MR) is 29.9 cm³/mol. The van der Waals surface area contributed by atoms with Crippen LogP contribution in [0.15, 0.2) is 22.9 Å². The molecule has 9 heavy (non-hydrogen) atoms. The van der Waals surface area contributed by atoms with Gasteiger partial charge in [-0.05, 0) is 0 Å². The summed E-state index contributed by atoms with van der Waals surface area (Å²) < 4.78 is 4.56. The Morgan fingerprint density at radius 3 is 3.11 bits per heavy atom. The average molecular weight is 126 g/mol. The number of rotatable bonds is 2. The van der Waals surface area contributed by atoms with Gasteiger partial charge in [0.1, 0.15) is 0 Å². The number of hydrogen-bond acceptors (Lipinski definition) is 3. The molecule has 1 unspecified atom stereocenters. The molecular weight excluding hydrogens is 120 g/mol. The van der Waals surface area contributed by atoms with E-state index in [4.69, 9.17) is 0 Å². The molecule has 1 aliphatic rings. The van der Waals surface area contributed by atoms with Gasteiger partial charge in [-0.1, -0.05) is 11.2 Å². The lowest BCUT2D eigenvalue weighted by atomic mass is 10.4. The molecule has 0 spiro atoms. The van der Waals surface area contributed by atoms with Crippen molar-refractivity contribution >= 4 is 6.09 Å². The van der Waals surface area contributed by atoms with Crippen molar-refractivity contribution in [1.29, 1.82) is 0 Å². The quantitative estimate of drug-likeness (QED) is 0.526. The maximum atomic E-state index is 10.2. The lowest BCUT2D eigenvalue weighted by Gasteiger charge is -1.97. The molecule has 0 saturated heterocycles. The van der Waals surface area contributed by atoms with E-state index in [1.54, 1.807) is 6.08 Å². The van der Waals surface area contributed by atoms with Gasteiger partial charge in [0.2, 0.25) is 6.23 Å². The van der Waals surface area contributed by atoms with E-state index in [1.165, 1.54) is 0 Å². The normalized spacial score (nSPS) is 24.0. The second kappa shape index (κ2) is 2.39. The Kier molecular flexibility index (Phi) is 1.58. The first kappa shape index (κ1) is 5.94. The van der Waals surface area contributed by atoms with Gasteiger partial charge in [-0.15, -0.1) is 11.7 Å². The van der Waals surface area contributed by atoms with E-state index in [2.05, 4.69) is 21.5 Å². The molecule has 0 N–H and O–H groups in total. The monoisotopic (exact) mass is 126 g/mol. The minimum Gasteiger partial charge on any atom is -0.419 e. The molecule has 0 aliphatic carbocycles. The van der Waals surface area contributed by atoms with Gasteiger partial charge in [0.15, 0.2) is 0 Å². The minimum atomic E-state index is -0.609. The van der Waals surface area contributed by atoms with Gasteiger partial charge in [0.05, 0.1) is 0 Å². The highest BCUT2D eigenvalue weighted by atomic mass is 16.6. The fourth-order valence-electron chi connectivity index (χ4n) is 0.513. The molecule has 4 heteroatoms. The molecule has 48 valence electrons. The molecule has 1 heterocycles. The summed E-state index contributed by atoms with van der Waals surface area (Å²) in [6, 6.07) is 0. The molecule has 1 amide bonds. The van der Waals surface area contributed by atoms with Crippen LogP contribution < -0.4 is 0 Å². The largest absolute Gasteiger partial charge is 0.454 e. The van der Waals surface area contributed by atoms with Crippen molar-refractivity contribution in [1.82, 2.24) is 0 Å². The molecule has 0 aromatic rings. The second-order valence-electron chi connectivity index (χ2n) is 1.58. The van der Waals surface area contributed by atoms with E-state index in [0.717, 1.165) is 0 Å². The summed E-state index contributed by atoms with van der Waals surface area (Å²) in [4.78, 5) is 10.2. The van der Waals surface area contributed by atoms with E-state index >= 15 is 0 Å². The predicted octanol–water partition coefficient (Wildman–Crippen LogP) is 1.49. The summed E-state index contributed by atoms with van der Waals surface area (Å²) in [5.41, 5.74) is 0. The molecule has 1 atom stereocenters. The van der Waals surface area contributed by atoms with Crippen LogP contribution in [0.4, 0.5) is 4.79 Å². The molecular formula is C5H6N2O2. The van der Waals surface area contributed by atoms with Gasteiger partial charge in [-0.2, -0.15) is 0 Å². The van der Waals surface area contributed by atoms with Gasteiger partial charge in [-0.3, -0.25) is 0 Å². The van der Waals surface area contributed by atoms with Crippen molar-refractivity contribution in [2.45, 2.75) is 12.6 Å². The van der Waals surface area contributed by atoms with Crippen LogP contribution in [0.25, 0.3) is 0 Å². The smallest absolute Gasteiger partial charge is 0.419 e. The molecule has 1 aliphatic heterocycles. The maximum Gasteiger partial charge on any atom is 0.454 e. The molecule has 4 nitrogen and oxygen atoms in total. The van der Waals surface area contributed by atoms with Gasteiger partial charge >= 0.3 is 6.09 Å². The Morgan fingerprint density at radius 2 is 2.67 bits per heavy atom. The van der Waals surface area contributed by atoms with Crippen LogP contribution in [0.3, 0.4) is 0 Å². The third-order valence-corrected chi connectivity index (χ3v) is 0.873. The summed E-state index contributed by atoms with van der Waals surface area (Å²) >= 11 is 0. The Balaban J connectivity index is 2.40. The van der Waals surface area contributed by atoms with E-state index < -0.39 is 12.3 Å². The van der Waals surface area contributed by atoms with Crippen molar-refractivity contribution in [3.05, 3.63) is 12.7 Å². The highest BCUT2D eigenvalue weighted by Gasteiger charge is 2.17. The molecule has 0 fully saturated rings. The number of carbonyl (C=O) groups excluding carboxylic acids is 1. The zero-order valence-electron chi connectivity index (χ0n) is 4.78. The fourth-order valence-corrected chi connectivity index (χ4v) is 0.513.